The van der Waals surface area contributed by atoms with Crippen LogP contribution in [0.25, 0.3) is 0 Å². The smallest absolute Gasteiger partial charge is 0.183 e. The van der Waals surface area contributed by atoms with Crippen LogP contribution in [0.4, 0.5) is 0 Å². The first-order valence-corrected chi connectivity index (χ1v) is 8.16. The number of aromatic nitrogens is 1. The lowest BCUT2D eigenvalue weighted by atomic mass is 10.1. The van der Waals surface area contributed by atoms with Crippen molar-refractivity contribution in [1.29, 1.82) is 0 Å². The second kappa shape index (κ2) is 7.51. The monoisotopic (exact) mass is 316 g/mol. The molecule has 2 aromatic heterocycles. The fourth-order valence-electron chi connectivity index (χ4n) is 3.32. The van der Waals surface area contributed by atoms with Gasteiger partial charge in [-0.2, -0.15) is 0 Å². The molecule has 1 atom stereocenters. The summed E-state index contributed by atoms with van der Waals surface area (Å²) in [7, 11) is 3.31. The van der Waals surface area contributed by atoms with Crippen LogP contribution in [0.3, 0.4) is 0 Å². The van der Waals surface area contributed by atoms with Crippen LogP contribution in [0.1, 0.15) is 43.2 Å². The lowest BCUT2D eigenvalue weighted by Gasteiger charge is -2.28. The molecule has 124 valence electrons. The third-order valence-electron chi connectivity index (χ3n) is 4.45. The molecule has 2 aromatic rings. The van der Waals surface area contributed by atoms with Gasteiger partial charge in [-0.25, -0.2) is 0 Å². The van der Waals surface area contributed by atoms with Gasteiger partial charge in [-0.05, 0) is 31.5 Å². The molecule has 23 heavy (non-hydrogen) atoms. The summed E-state index contributed by atoms with van der Waals surface area (Å²) in [6.07, 6.45) is 8.32. The van der Waals surface area contributed by atoms with E-state index in [4.69, 9.17) is 13.9 Å². The Hall–Kier alpha value is -2.01. The highest BCUT2D eigenvalue weighted by atomic mass is 16.5. The van der Waals surface area contributed by atoms with Crippen molar-refractivity contribution in [3.05, 3.63) is 42.1 Å². The molecule has 1 saturated heterocycles. The predicted octanol–water partition coefficient (Wildman–Crippen LogP) is 3.81. The van der Waals surface area contributed by atoms with E-state index >= 15 is 0 Å². The molecule has 1 aliphatic rings. The lowest BCUT2D eigenvalue weighted by molar-refractivity contribution is 0.165. The maximum atomic E-state index is 5.68. The second-order valence-corrected chi connectivity index (χ2v) is 5.84. The van der Waals surface area contributed by atoms with Gasteiger partial charge in [0.1, 0.15) is 11.5 Å². The molecule has 0 saturated carbocycles. The minimum Gasteiger partial charge on any atom is -0.493 e. The fourth-order valence-corrected chi connectivity index (χ4v) is 3.32. The SMILES string of the molecule is COc1ccnc(CN2CCCCCC2c2ccco2)c1OC. The van der Waals surface area contributed by atoms with Crippen molar-refractivity contribution in [1.82, 2.24) is 9.88 Å². The van der Waals surface area contributed by atoms with Crippen molar-refractivity contribution in [2.75, 3.05) is 20.8 Å². The number of nitrogens with zero attached hydrogens (tertiary/aromatic N) is 2. The third-order valence-corrected chi connectivity index (χ3v) is 4.45. The first kappa shape index (κ1) is 15.9. The van der Waals surface area contributed by atoms with Crippen molar-refractivity contribution in [2.24, 2.45) is 0 Å². The van der Waals surface area contributed by atoms with Crippen LogP contribution in [0, 0.1) is 0 Å². The summed E-state index contributed by atoms with van der Waals surface area (Å²) in [6.45, 7) is 1.76. The number of methoxy groups -OCH3 is 2. The zero-order chi connectivity index (χ0) is 16.1. The van der Waals surface area contributed by atoms with Crippen molar-refractivity contribution in [2.45, 2.75) is 38.3 Å². The van der Waals surface area contributed by atoms with Crippen LogP contribution in [0.2, 0.25) is 0 Å². The lowest BCUT2D eigenvalue weighted by Crippen LogP contribution is -2.28. The Labute approximate surface area is 137 Å². The number of likely N-dealkylation sites (tertiary alicyclic amines) is 1. The van der Waals surface area contributed by atoms with Crippen LogP contribution in [-0.4, -0.2) is 30.6 Å². The first-order chi connectivity index (χ1) is 11.3. The third kappa shape index (κ3) is 3.50. The summed E-state index contributed by atoms with van der Waals surface area (Å²) in [4.78, 5) is 6.96. The van der Waals surface area contributed by atoms with Gasteiger partial charge >= 0.3 is 0 Å². The maximum absolute atomic E-state index is 5.68. The minimum atomic E-state index is 0.296. The van der Waals surface area contributed by atoms with Crippen molar-refractivity contribution >= 4 is 0 Å². The van der Waals surface area contributed by atoms with Gasteiger partial charge in [-0.1, -0.05) is 12.8 Å². The highest BCUT2D eigenvalue weighted by Crippen LogP contribution is 2.35. The van der Waals surface area contributed by atoms with Crippen molar-refractivity contribution in [3.63, 3.8) is 0 Å². The normalized spacial score (nSPS) is 19.3. The molecule has 3 heterocycles. The topological polar surface area (TPSA) is 47.7 Å². The van der Waals surface area contributed by atoms with Gasteiger partial charge < -0.3 is 13.9 Å². The van der Waals surface area contributed by atoms with Gasteiger partial charge in [0.05, 0.1) is 26.5 Å². The molecule has 0 N–H and O–H groups in total. The second-order valence-electron chi connectivity index (χ2n) is 5.84. The molecule has 3 rings (SSSR count). The summed E-state index contributed by atoms with van der Waals surface area (Å²) in [6, 6.07) is 6.15. The number of furan rings is 1. The van der Waals surface area contributed by atoms with Crippen molar-refractivity contribution in [3.8, 4) is 11.5 Å². The molecule has 0 spiro atoms. The summed E-state index contributed by atoms with van der Waals surface area (Å²) < 4.78 is 16.6. The quantitative estimate of drug-likeness (QED) is 0.839. The maximum Gasteiger partial charge on any atom is 0.183 e. The highest BCUT2D eigenvalue weighted by molar-refractivity contribution is 5.42. The van der Waals surface area contributed by atoms with Gasteiger partial charge in [-0.3, -0.25) is 9.88 Å². The number of rotatable bonds is 5. The van der Waals surface area contributed by atoms with Crippen LogP contribution < -0.4 is 9.47 Å². The van der Waals surface area contributed by atoms with Gasteiger partial charge in [0.15, 0.2) is 11.5 Å². The van der Waals surface area contributed by atoms with Crippen molar-refractivity contribution < 1.29 is 13.9 Å². The average molecular weight is 316 g/mol. The first-order valence-electron chi connectivity index (χ1n) is 8.16. The number of ether oxygens (including phenoxy) is 2. The Morgan fingerprint density at radius 1 is 1.22 bits per heavy atom. The number of hydrogen-bond acceptors (Lipinski definition) is 5. The Balaban J connectivity index is 1.87. The van der Waals surface area contributed by atoms with Gasteiger partial charge in [-0.15, -0.1) is 0 Å². The van der Waals surface area contributed by atoms with E-state index < -0.39 is 0 Å². The summed E-state index contributed by atoms with van der Waals surface area (Å²) in [5.74, 6) is 2.48. The molecule has 1 unspecified atom stereocenters. The van der Waals surface area contributed by atoms with E-state index in [1.807, 2.05) is 12.1 Å². The average Bonchev–Trinajstić information content (AvgIpc) is 3.02. The molecular formula is C18H24N2O3. The molecule has 5 nitrogen and oxygen atoms in total. The molecule has 0 radical (unpaired) electrons. The highest BCUT2D eigenvalue weighted by Gasteiger charge is 2.26. The Bertz CT molecular complexity index is 613. The molecule has 5 heteroatoms. The van der Waals surface area contributed by atoms with E-state index in [1.54, 1.807) is 26.7 Å². The van der Waals surface area contributed by atoms with E-state index in [0.29, 0.717) is 6.04 Å². The summed E-state index contributed by atoms with van der Waals surface area (Å²) in [5, 5.41) is 0. The summed E-state index contributed by atoms with van der Waals surface area (Å²) in [5.41, 5.74) is 0.908. The van der Waals surface area contributed by atoms with Crippen LogP contribution in [0.15, 0.2) is 35.1 Å². The Kier molecular flexibility index (Phi) is 5.18. The van der Waals surface area contributed by atoms with Gasteiger partial charge in [0.25, 0.3) is 0 Å². The predicted molar refractivity (Wildman–Crippen MR) is 87.7 cm³/mol. The standard InChI is InChI=1S/C18H24N2O3/c1-21-17-9-10-19-14(18(17)22-2)13-20-11-5-3-4-7-15(20)16-8-6-12-23-16/h6,8-10,12,15H,3-5,7,11,13H2,1-2H3. The minimum absolute atomic E-state index is 0.296. The molecule has 1 aliphatic heterocycles. The van der Waals surface area contributed by atoms with Crippen LogP contribution >= 0.6 is 0 Å². The zero-order valence-corrected chi connectivity index (χ0v) is 13.8. The van der Waals surface area contributed by atoms with E-state index in [2.05, 4.69) is 16.0 Å². The number of pyridine rings is 1. The van der Waals surface area contributed by atoms with Crippen LogP contribution in [0.5, 0.6) is 11.5 Å². The molecule has 0 bridgehead atoms. The molecule has 0 aliphatic carbocycles. The molecule has 0 aromatic carbocycles. The molecule has 1 fully saturated rings. The molecule has 0 amide bonds. The zero-order valence-electron chi connectivity index (χ0n) is 13.8. The van der Waals surface area contributed by atoms with E-state index in [1.165, 1.54) is 19.3 Å². The fraction of sp³-hybridized carbons (Fsp3) is 0.500. The van der Waals surface area contributed by atoms with E-state index in [0.717, 1.165) is 42.5 Å². The van der Waals surface area contributed by atoms with E-state index in [-0.39, 0.29) is 0 Å². The largest absolute Gasteiger partial charge is 0.493 e. The molecular weight excluding hydrogens is 292 g/mol. The van der Waals surface area contributed by atoms with E-state index in [9.17, 15) is 0 Å². The Morgan fingerprint density at radius 3 is 2.87 bits per heavy atom. The summed E-state index contributed by atoms with van der Waals surface area (Å²) >= 11 is 0. The van der Waals surface area contributed by atoms with Gasteiger partial charge in [0.2, 0.25) is 0 Å². The van der Waals surface area contributed by atoms with Gasteiger partial charge in [0, 0.05) is 18.8 Å². The Morgan fingerprint density at radius 2 is 2.13 bits per heavy atom. The van der Waals surface area contributed by atoms with Crippen LogP contribution in [-0.2, 0) is 6.54 Å². The number of hydrogen-bond donors (Lipinski definition) is 0.